The van der Waals surface area contributed by atoms with Crippen molar-refractivity contribution in [2.24, 2.45) is 5.73 Å². The van der Waals surface area contributed by atoms with Gasteiger partial charge in [-0.1, -0.05) is 0 Å². The molecule has 0 heterocycles. The maximum Gasteiger partial charge on any atom is 0.407 e. The number of ether oxygens (including phenoxy) is 1. The molecule has 0 saturated carbocycles. The molecule has 4 heteroatoms. The summed E-state index contributed by atoms with van der Waals surface area (Å²) in [7, 11) is 0. The van der Waals surface area contributed by atoms with Gasteiger partial charge in [-0.15, -0.1) is 0 Å². The number of alkyl carbamates (subject to hydrolysis) is 1. The molecule has 0 aliphatic heterocycles. The highest BCUT2D eigenvalue weighted by Crippen LogP contribution is 1.73. The van der Waals surface area contributed by atoms with Gasteiger partial charge in [0.1, 0.15) is 6.61 Å². The molecule has 0 aromatic rings. The molecular formula is C5H12N2O2. The summed E-state index contributed by atoms with van der Waals surface area (Å²) in [6.45, 7) is 3.07. The van der Waals surface area contributed by atoms with E-state index in [1.54, 1.807) is 0 Å². The molecule has 0 atom stereocenters. The quantitative estimate of drug-likeness (QED) is 0.553. The van der Waals surface area contributed by atoms with Crippen LogP contribution >= 0.6 is 0 Å². The lowest BCUT2D eigenvalue weighted by Crippen LogP contribution is -2.25. The Morgan fingerprint density at radius 3 is 2.89 bits per heavy atom. The van der Waals surface area contributed by atoms with Crippen molar-refractivity contribution in [3.8, 4) is 0 Å². The zero-order valence-electron chi connectivity index (χ0n) is 5.52. The summed E-state index contributed by atoms with van der Waals surface area (Å²) in [5, 5.41) is 2.46. The molecule has 0 rings (SSSR count). The highest BCUT2D eigenvalue weighted by molar-refractivity contribution is 5.66. The van der Waals surface area contributed by atoms with E-state index < -0.39 is 6.09 Å². The standard InChI is InChI=1S/C5H12N2O2/c1-2-7-5(8)9-4-3-6/h2-4,6H2,1H3,(H,7,8). The fraction of sp³-hybridized carbons (Fsp3) is 0.800. The Hall–Kier alpha value is -0.770. The van der Waals surface area contributed by atoms with Crippen LogP contribution in [-0.2, 0) is 4.74 Å². The summed E-state index contributed by atoms with van der Waals surface area (Å²) in [6, 6.07) is 0. The molecule has 0 aromatic carbocycles. The first-order valence-electron chi connectivity index (χ1n) is 2.92. The van der Waals surface area contributed by atoms with E-state index in [-0.39, 0.29) is 6.61 Å². The van der Waals surface area contributed by atoms with Crippen LogP contribution < -0.4 is 11.1 Å². The lowest BCUT2D eigenvalue weighted by atomic mass is 10.7. The van der Waals surface area contributed by atoms with Crippen LogP contribution in [0.1, 0.15) is 6.92 Å². The van der Waals surface area contributed by atoms with Gasteiger partial charge >= 0.3 is 6.09 Å². The molecule has 1 amide bonds. The highest BCUT2D eigenvalue weighted by Gasteiger charge is 1.94. The van der Waals surface area contributed by atoms with E-state index in [9.17, 15) is 4.79 Å². The Morgan fingerprint density at radius 1 is 1.78 bits per heavy atom. The molecule has 0 aliphatic rings. The molecule has 3 N–H and O–H groups in total. The van der Waals surface area contributed by atoms with E-state index in [2.05, 4.69) is 10.1 Å². The summed E-state index contributed by atoms with van der Waals surface area (Å²) >= 11 is 0. The number of amides is 1. The molecule has 0 unspecified atom stereocenters. The summed E-state index contributed by atoms with van der Waals surface area (Å²) in [4.78, 5) is 10.4. The van der Waals surface area contributed by atoms with Gasteiger partial charge in [0.15, 0.2) is 0 Å². The SMILES string of the molecule is CCNC(=O)OCCN. The summed E-state index contributed by atoms with van der Waals surface area (Å²) in [5.41, 5.74) is 5.07. The van der Waals surface area contributed by atoms with Crippen molar-refractivity contribution in [1.82, 2.24) is 5.32 Å². The number of nitrogens with one attached hydrogen (secondary N) is 1. The zero-order valence-corrected chi connectivity index (χ0v) is 5.52. The van der Waals surface area contributed by atoms with Gasteiger partial charge in [0.2, 0.25) is 0 Å². The average molecular weight is 132 g/mol. The predicted molar refractivity (Wildman–Crippen MR) is 34.1 cm³/mol. The Labute approximate surface area is 54.4 Å². The van der Waals surface area contributed by atoms with Gasteiger partial charge in [-0.3, -0.25) is 0 Å². The molecule has 4 nitrogen and oxygen atoms in total. The van der Waals surface area contributed by atoms with Crippen molar-refractivity contribution in [2.45, 2.75) is 6.92 Å². The fourth-order valence-electron chi connectivity index (χ4n) is 0.347. The summed E-state index contributed by atoms with van der Waals surface area (Å²) < 4.78 is 4.56. The first-order chi connectivity index (χ1) is 4.31. The third-order valence-electron chi connectivity index (χ3n) is 0.672. The van der Waals surface area contributed by atoms with Crippen molar-refractivity contribution in [2.75, 3.05) is 19.7 Å². The molecule has 9 heavy (non-hydrogen) atoms. The number of carbonyl (C=O) groups is 1. The first-order valence-corrected chi connectivity index (χ1v) is 2.92. The second-order valence-corrected chi connectivity index (χ2v) is 1.45. The smallest absolute Gasteiger partial charge is 0.407 e. The van der Waals surface area contributed by atoms with Gasteiger partial charge in [0, 0.05) is 13.1 Å². The van der Waals surface area contributed by atoms with Crippen LogP contribution in [0.3, 0.4) is 0 Å². The molecule has 0 fully saturated rings. The van der Waals surface area contributed by atoms with Crippen LogP contribution in [0, 0.1) is 0 Å². The van der Waals surface area contributed by atoms with E-state index in [0.29, 0.717) is 13.1 Å². The van der Waals surface area contributed by atoms with E-state index in [1.807, 2.05) is 6.92 Å². The minimum atomic E-state index is -0.400. The number of hydrogen-bond donors (Lipinski definition) is 2. The number of carbonyl (C=O) groups excluding carboxylic acids is 1. The van der Waals surface area contributed by atoms with Crippen LogP contribution in [0.4, 0.5) is 4.79 Å². The van der Waals surface area contributed by atoms with E-state index >= 15 is 0 Å². The monoisotopic (exact) mass is 132 g/mol. The van der Waals surface area contributed by atoms with Crippen molar-refractivity contribution < 1.29 is 9.53 Å². The van der Waals surface area contributed by atoms with Gasteiger partial charge in [-0.2, -0.15) is 0 Å². The Kier molecular flexibility index (Phi) is 4.91. The topological polar surface area (TPSA) is 64.3 Å². The first kappa shape index (κ1) is 8.23. The van der Waals surface area contributed by atoms with E-state index in [1.165, 1.54) is 0 Å². The molecule has 54 valence electrons. The minimum Gasteiger partial charge on any atom is -0.448 e. The third kappa shape index (κ3) is 5.10. The normalized spacial score (nSPS) is 8.67. The van der Waals surface area contributed by atoms with E-state index in [0.717, 1.165) is 0 Å². The number of nitrogens with two attached hydrogens (primary N) is 1. The van der Waals surface area contributed by atoms with Crippen LogP contribution in [0.25, 0.3) is 0 Å². The molecule has 0 aromatic heterocycles. The van der Waals surface area contributed by atoms with Crippen LogP contribution in [0.2, 0.25) is 0 Å². The second-order valence-electron chi connectivity index (χ2n) is 1.45. The van der Waals surface area contributed by atoms with Crippen molar-refractivity contribution in [3.05, 3.63) is 0 Å². The molecule has 0 bridgehead atoms. The van der Waals surface area contributed by atoms with Crippen molar-refractivity contribution in [3.63, 3.8) is 0 Å². The van der Waals surface area contributed by atoms with Gasteiger partial charge in [-0.25, -0.2) is 4.79 Å². The summed E-state index contributed by atoms with van der Waals surface area (Å²) in [5.74, 6) is 0. The predicted octanol–water partition coefficient (Wildman–Crippen LogP) is -0.309. The molecule has 0 radical (unpaired) electrons. The van der Waals surface area contributed by atoms with E-state index in [4.69, 9.17) is 5.73 Å². The zero-order chi connectivity index (χ0) is 7.11. The van der Waals surface area contributed by atoms with Crippen LogP contribution in [-0.4, -0.2) is 25.8 Å². The molecule has 0 aliphatic carbocycles. The van der Waals surface area contributed by atoms with Gasteiger partial charge < -0.3 is 15.8 Å². The number of rotatable bonds is 3. The largest absolute Gasteiger partial charge is 0.448 e. The van der Waals surface area contributed by atoms with Crippen LogP contribution in [0.5, 0.6) is 0 Å². The van der Waals surface area contributed by atoms with Crippen LogP contribution in [0.15, 0.2) is 0 Å². The average Bonchev–Trinajstić information content (AvgIpc) is 1.85. The maximum absolute atomic E-state index is 10.4. The maximum atomic E-state index is 10.4. The molecule has 0 spiro atoms. The molecular weight excluding hydrogens is 120 g/mol. The van der Waals surface area contributed by atoms with Gasteiger partial charge in [-0.05, 0) is 6.92 Å². The van der Waals surface area contributed by atoms with Crippen molar-refractivity contribution in [1.29, 1.82) is 0 Å². The Morgan fingerprint density at radius 2 is 2.44 bits per heavy atom. The third-order valence-corrected chi connectivity index (χ3v) is 0.672. The molecule has 0 saturated heterocycles. The second kappa shape index (κ2) is 5.37. The Bertz CT molecular complexity index is 85.0. The fourth-order valence-corrected chi connectivity index (χ4v) is 0.347. The van der Waals surface area contributed by atoms with Gasteiger partial charge in [0.25, 0.3) is 0 Å². The van der Waals surface area contributed by atoms with Crippen molar-refractivity contribution >= 4 is 6.09 Å². The summed E-state index contributed by atoms with van der Waals surface area (Å²) in [6.07, 6.45) is -0.400. The van der Waals surface area contributed by atoms with Gasteiger partial charge in [0.05, 0.1) is 0 Å². The highest BCUT2D eigenvalue weighted by atomic mass is 16.5. The number of hydrogen-bond acceptors (Lipinski definition) is 3. The lowest BCUT2D eigenvalue weighted by molar-refractivity contribution is 0.150. The Balaban J connectivity index is 3.06. The minimum absolute atomic E-state index is 0.284. The lowest BCUT2D eigenvalue weighted by Gasteiger charge is -2.01.